The van der Waals surface area contributed by atoms with E-state index in [1.54, 1.807) is 0 Å². The number of rotatable bonds is 4. The number of likely N-dealkylation sites (tertiary alicyclic amines) is 1. The number of anilines is 1. The third-order valence-electron chi connectivity index (χ3n) is 3.65. The molecule has 94 valence electrons. The van der Waals surface area contributed by atoms with Gasteiger partial charge in [0.15, 0.2) is 0 Å². The highest BCUT2D eigenvalue weighted by Crippen LogP contribution is 2.25. The maximum absolute atomic E-state index is 4.37. The fourth-order valence-corrected chi connectivity index (χ4v) is 2.70. The highest BCUT2D eigenvalue weighted by atomic mass is 15.2. The Morgan fingerprint density at radius 1 is 1.47 bits per heavy atom. The van der Waals surface area contributed by atoms with Crippen molar-refractivity contribution in [3.63, 3.8) is 0 Å². The summed E-state index contributed by atoms with van der Waals surface area (Å²) in [7, 11) is 1.90. The van der Waals surface area contributed by atoms with Crippen LogP contribution in [0, 0.1) is 5.92 Å². The number of nitrogens with zero attached hydrogens (tertiary/aromatic N) is 2. The van der Waals surface area contributed by atoms with Gasteiger partial charge >= 0.3 is 0 Å². The molecule has 1 atom stereocenters. The van der Waals surface area contributed by atoms with Crippen LogP contribution in [0.4, 0.5) is 5.82 Å². The Kier molecular flexibility index (Phi) is 4.00. The molecule has 1 aliphatic rings. The van der Waals surface area contributed by atoms with Crippen LogP contribution in [0.15, 0.2) is 18.3 Å². The largest absolute Gasteiger partial charge is 0.373 e. The number of aromatic nitrogens is 1. The molecule has 0 aromatic carbocycles. The van der Waals surface area contributed by atoms with Gasteiger partial charge in [-0.25, -0.2) is 4.98 Å². The predicted molar refractivity (Wildman–Crippen MR) is 72.1 cm³/mol. The molecule has 1 aromatic rings. The molecule has 0 bridgehead atoms. The highest BCUT2D eigenvalue weighted by Gasteiger charge is 2.26. The maximum atomic E-state index is 4.37. The summed E-state index contributed by atoms with van der Waals surface area (Å²) < 4.78 is 0. The molecule has 2 rings (SSSR count). The van der Waals surface area contributed by atoms with E-state index in [1.165, 1.54) is 24.9 Å². The normalized spacial score (nSPS) is 21.1. The molecule has 1 fully saturated rings. The van der Waals surface area contributed by atoms with Gasteiger partial charge < -0.3 is 5.32 Å². The van der Waals surface area contributed by atoms with E-state index in [2.05, 4.69) is 41.2 Å². The molecule has 3 nitrogen and oxygen atoms in total. The van der Waals surface area contributed by atoms with E-state index in [0.717, 1.165) is 24.3 Å². The zero-order valence-electron chi connectivity index (χ0n) is 11.1. The fraction of sp³-hybridized carbons (Fsp3) is 0.643. The van der Waals surface area contributed by atoms with E-state index in [1.807, 2.05) is 13.2 Å². The van der Waals surface area contributed by atoms with Crippen LogP contribution < -0.4 is 5.32 Å². The van der Waals surface area contributed by atoms with Crippen LogP contribution in [-0.4, -0.2) is 29.5 Å². The average Bonchev–Trinajstić information content (AvgIpc) is 2.78. The average molecular weight is 233 g/mol. The van der Waals surface area contributed by atoms with Crippen molar-refractivity contribution < 1.29 is 0 Å². The minimum absolute atomic E-state index is 0.749. The SMILES string of the molecule is CNc1ccc(CN2CCCC2C(C)C)cn1. The van der Waals surface area contributed by atoms with Crippen molar-refractivity contribution >= 4 is 5.82 Å². The molecule has 1 aliphatic heterocycles. The Balaban J connectivity index is 1.99. The second-order valence-corrected chi connectivity index (χ2v) is 5.23. The minimum Gasteiger partial charge on any atom is -0.373 e. The van der Waals surface area contributed by atoms with Gasteiger partial charge in [0.25, 0.3) is 0 Å². The molecule has 0 aliphatic carbocycles. The van der Waals surface area contributed by atoms with Gasteiger partial charge in [0.05, 0.1) is 0 Å². The summed E-state index contributed by atoms with van der Waals surface area (Å²) in [6, 6.07) is 4.98. The summed E-state index contributed by atoms with van der Waals surface area (Å²) in [6.07, 6.45) is 4.67. The van der Waals surface area contributed by atoms with Crippen molar-refractivity contribution in [3.8, 4) is 0 Å². The van der Waals surface area contributed by atoms with Crippen LogP contribution in [0.25, 0.3) is 0 Å². The summed E-state index contributed by atoms with van der Waals surface area (Å²) in [5.41, 5.74) is 1.32. The van der Waals surface area contributed by atoms with E-state index >= 15 is 0 Å². The van der Waals surface area contributed by atoms with Gasteiger partial charge in [-0.1, -0.05) is 19.9 Å². The predicted octanol–water partition coefficient (Wildman–Crippen LogP) is 2.74. The second kappa shape index (κ2) is 5.50. The molecular formula is C14H23N3. The van der Waals surface area contributed by atoms with Crippen molar-refractivity contribution in [2.45, 2.75) is 39.3 Å². The van der Waals surface area contributed by atoms with Gasteiger partial charge in [0.1, 0.15) is 5.82 Å². The molecule has 1 aromatic heterocycles. The summed E-state index contributed by atoms with van der Waals surface area (Å²) in [6.45, 7) is 6.92. The van der Waals surface area contributed by atoms with Crippen molar-refractivity contribution in [3.05, 3.63) is 23.9 Å². The van der Waals surface area contributed by atoms with Crippen molar-refractivity contribution in [1.29, 1.82) is 0 Å². The topological polar surface area (TPSA) is 28.2 Å². The third-order valence-corrected chi connectivity index (χ3v) is 3.65. The Morgan fingerprint density at radius 2 is 2.29 bits per heavy atom. The lowest BCUT2D eigenvalue weighted by Crippen LogP contribution is -2.32. The molecule has 1 unspecified atom stereocenters. The molecule has 1 saturated heterocycles. The standard InChI is InChI=1S/C14H23N3/c1-11(2)13-5-4-8-17(13)10-12-6-7-14(15-3)16-9-12/h6-7,9,11,13H,4-5,8,10H2,1-3H3,(H,15,16). The summed E-state index contributed by atoms with van der Waals surface area (Å²) in [4.78, 5) is 6.97. The summed E-state index contributed by atoms with van der Waals surface area (Å²) in [5.74, 6) is 1.69. The molecule has 0 amide bonds. The molecule has 3 heteroatoms. The first-order valence-electron chi connectivity index (χ1n) is 6.57. The molecule has 0 saturated carbocycles. The minimum atomic E-state index is 0.749. The van der Waals surface area contributed by atoms with Crippen LogP contribution in [0.3, 0.4) is 0 Å². The van der Waals surface area contributed by atoms with E-state index in [-0.39, 0.29) is 0 Å². The molecule has 0 radical (unpaired) electrons. The lowest BCUT2D eigenvalue weighted by molar-refractivity contribution is 0.198. The Morgan fingerprint density at radius 3 is 2.88 bits per heavy atom. The number of hydrogen-bond donors (Lipinski definition) is 1. The molecule has 2 heterocycles. The van der Waals surface area contributed by atoms with Crippen molar-refractivity contribution in [2.75, 3.05) is 18.9 Å². The summed E-state index contributed by atoms with van der Waals surface area (Å²) in [5, 5.41) is 3.05. The molecule has 17 heavy (non-hydrogen) atoms. The Bertz CT molecular complexity index is 345. The third kappa shape index (κ3) is 2.97. The van der Waals surface area contributed by atoms with Crippen LogP contribution in [-0.2, 0) is 6.54 Å². The van der Waals surface area contributed by atoms with Gasteiger partial charge in [-0.05, 0) is 36.9 Å². The second-order valence-electron chi connectivity index (χ2n) is 5.23. The lowest BCUT2D eigenvalue weighted by Gasteiger charge is -2.27. The van der Waals surface area contributed by atoms with Gasteiger partial charge in [-0.15, -0.1) is 0 Å². The van der Waals surface area contributed by atoms with Gasteiger partial charge in [0.2, 0.25) is 0 Å². The van der Waals surface area contributed by atoms with Crippen molar-refractivity contribution in [2.24, 2.45) is 5.92 Å². The van der Waals surface area contributed by atoms with Crippen molar-refractivity contribution in [1.82, 2.24) is 9.88 Å². The van der Waals surface area contributed by atoms with Gasteiger partial charge in [-0.2, -0.15) is 0 Å². The number of pyridine rings is 1. The first-order valence-corrected chi connectivity index (χ1v) is 6.57. The molecule has 0 spiro atoms. The van der Waals surface area contributed by atoms with E-state index in [4.69, 9.17) is 0 Å². The maximum Gasteiger partial charge on any atom is 0.125 e. The Labute approximate surface area is 104 Å². The molecule has 1 N–H and O–H groups in total. The highest BCUT2D eigenvalue weighted by molar-refractivity contribution is 5.34. The first kappa shape index (κ1) is 12.4. The zero-order valence-corrected chi connectivity index (χ0v) is 11.1. The summed E-state index contributed by atoms with van der Waals surface area (Å²) >= 11 is 0. The molecular weight excluding hydrogens is 210 g/mol. The zero-order chi connectivity index (χ0) is 12.3. The van der Waals surface area contributed by atoms with Crippen LogP contribution in [0.2, 0.25) is 0 Å². The van der Waals surface area contributed by atoms with Crippen LogP contribution in [0.5, 0.6) is 0 Å². The Hall–Kier alpha value is -1.09. The van der Waals surface area contributed by atoms with E-state index in [0.29, 0.717) is 0 Å². The number of hydrogen-bond acceptors (Lipinski definition) is 3. The number of nitrogens with one attached hydrogen (secondary N) is 1. The van der Waals surface area contributed by atoms with Crippen LogP contribution >= 0.6 is 0 Å². The van der Waals surface area contributed by atoms with Gasteiger partial charge in [-0.3, -0.25) is 4.90 Å². The monoisotopic (exact) mass is 233 g/mol. The smallest absolute Gasteiger partial charge is 0.125 e. The van der Waals surface area contributed by atoms with Crippen LogP contribution in [0.1, 0.15) is 32.3 Å². The quantitative estimate of drug-likeness (QED) is 0.866. The lowest BCUT2D eigenvalue weighted by atomic mass is 10.0. The van der Waals surface area contributed by atoms with Gasteiger partial charge in [0, 0.05) is 25.8 Å². The van der Waals surface area contributed by atoms with E-state index in [9.17, 15) is 0 Å². The van der Waals surface area contributed by atoms with E-state index < -0.39 is 0 Å². The first-order chi connectivity index (χ1) is 8.20. The fourth-order valence-electron chi connectivity index (χ4n) is 2.70.